The fraction of sp³-hybridized carbons (Fsp3) is 0.278. The van der Waals surface area contributed by atoms with Crippen LogP contribution in [0.5, 0.6) is 0 Å². The number of amides is 1. The minimum Gasteiger partial charge on any atom is -0.310 e. The third-order valence-electron chi connectivity index (χ3n) is 4.39. The van der Waals surface area contributed by atoms with Crippen LogP contribution in [0.4, 0.5) is 5.95 Å². The van der Waals surface area contributed by atoms with Crippen LogP contribution in [-0.2, 0) is 24.9 Å². The molecular formula is C18H19N7O2. The molecule has 3 heterocycles. The van der Waals surface area contributed by atoms with Crippen LogP contribution in [0.25, 0.3) is 22.1 Å². The molecule has 27 heavy (non-hydrogen) atoms. The van der Waals surface area contributed by atoms with Gasteiger partial charge in [-0.05, 0) is 18.6 Å². The molecule has 1 amide bonds. The number of hydrogen-bond acceptors (Lipinski definition) is 5. The second kappa shape index (κ2) is 6.67. The highest BCUT2D eigenvalue weighted by atomic mass is 16.2. The molecule has 0 bridgehead atoms. The van der Waals surface area contributed by atoms with Crippen molar-refractivity contribution in [3.05, 3.63) is 47.1 Å². The molecular weight excluding hydrogens is 346 g/mol. The van der Waals surface area contributed by atoms with Gasteiger partial charge in [0.05, 0.1) is 17.2 Å². The summed E-state index contributed by atoms with van der Waals surface area (Å²) in [4.78, 5) is 33.8. The number of aryl methyl sites for hydroxylation is 2. The van der Waals surface area contributed by atoms with E-state index in [0.717, 1.165) is 24.0 Å². The number of rotatable bonds is 5. The molecule has 0 aliphatic heterocycles. The molecule has 0 aliphatic carbocycles. The van der Waals surface area contributed by atoms with Gasteiger partial charge in [-0.3, -0.25) is 24.2 Å². The number of benzene rings is 1. The molecule has 3 aromatic heterocycles. The van der Waals surface area contributed by atoms with Crippen LogP contribution >= 0.6 is 0 Å². The van der Waals surface area contributed by atoms with Gasteiger partial charge in [0.15, 0.2) is 5.65 Å². The first kappa shape index (κ1) is 17.0. The highest BCUT2D eigenvalue weighted by Crippen LogP contribution is 2.20. The fourth-order valence-electron chi connectivity index (χ4n) is 3.12. The second-order valence-electron chi connectivity index (χ2n) is 6.31. The van der Waals surface area contributed by atoms with E-state index in [2.05, 4.69) is 27.3 Å². The quantitative estimate of drug-likeness (QED) is 0.578. The largest absolute Gasteiger partial charge is 0.310 e. The number of para-hydroxylation sites is 2. The number of nitrogens with one attached hydrogen (secondary N) is 1. The molecule has 0 saturated heterocycles. The first-order valence-corrected chi connectivity index (χ1v) is 8.70. The zero-order valence-corrected chi connectivity index (χ0v) is 15.1. The highest BCUT2D eigenvalue weighted by Gasteiger charge is 2.15. The summed E-state index contributed by atoms with van der Waals surface area (Å²) in [5, 5.41) is 7.23. The van der Waals surface area contributed by atoms with Crippen molar-refractivity contribution >= 4 is 33.9 Å². The molecule has 0 radical (unpaired) electrons. The molecule has 9 heteroatoms. The molecule has 0 fully saturated rings. The van der Waals surface area contributed by atoms with Crippen LogP contribution < -0.4 is 10.9 Å². The summed E-state index contributed by atoms with van der Waals surface area (Å²) in [6, 6.07) is 7.72. The molecule has 9 nitrogen and oxygen atoms in total. The van der Waals surface area contributed by atoms with Crippen molar-refractivity contribution in [2.24, 2.45) is 7.05 Å². The Morgan fingerprint density at radius 1 is 1.26 bits per heavy atom. The predicted molar refractivity (Wildman–Crippen MR) is 101 cm³/mol. The van der Waals surface area contributed by atoms with Crippen molar-refractivity contribution in [3.8, 4) is 0 Å². The van der Waals surface area contributed by atoms with Gasteiger partial charge in [-0.1, -0.05) is 19.1 Å². The Bertz CT molecular complexity index is 1200. The summed E-state index contributed by atoms with van der Waals surface area (Å²) in [5.74, 6) is 0.140. The van der Waals surface area contributed by atoms with Gasteiger partial charge in [0.25, 0.3) is 5.56 Å². The van der Waals surface area contributed by atoms with E-state index in [1.54, 1.807) is 7.05 Å². The number of anilines is 1. The smallest absolute Gasteiger partial charge is 0.264 e. The van der Waals surface area contributed by atoms with E-state index in [0.29, 0.717) is 17.0 Å². The number of aromatic nitrogens is 6. The fourth-order valence-corrected chi connectivity index (χ4v) is 3.12. The SMILES string of the molecule is CCCn1c(NC(=O)Cn2cnc3c(cnn3C)c2=O)nc2ccccc21. The number of nitrogens with zero attached hydrogens (tertiary/aromatic N) is 6. The van der Waals surface area contributed by atoms with Crippen molar-refractivity contribution in [1.82, 2.24) is 28.9 Å². The van der Waals surface area contributed by atoms with E-state index in [-0.39, 0.29) is 18.0 Å². The Hall–Kier alpha value is -3.49. The molecule has 0 atom stereocenters. The van der Waals surface area contributed by atoms with E-state index in [1.165, 1.54) is 21.8 Å². The molecule has 0 spiro atoms. The van der Waals surface area contributed by atoms with Crippen LogP contribution in [0.1, 0.15) is 13.3 Å². The van der Waals surface area contributed by atoms with Crippen LogP contribution in [0.15, 0.2) is 41.6 Å². The second-order valence-corrected chi connectivity index (χ2v) is 6.31. The molecule has 0 saturated carbocycles. The number of imidazole rings is 1. The van der Waals surface area contributed by atoms with Gasteiger partial charge in [-0.25, -0.2) is 9.97 Å². The van der Waals surface area contributed by atoms with Gasteiger partial charge < -0.3 is 4.57 Å². The van der Waals surface area contributed by atoms with Gasteiger partial charge in [-0.2, -0.15) is 5.10 Å². The summed E-state index contributed by atoms with van der Waals surface area (Å²) in [6.07, 6.45) is 3.73. The number of fused-ring (bicyclic) bond motifs is 2. The third kappa shape index (κ3) is 2.97. The van der Waals surface area contributed by atoms with Crippen molar-refractivity contribution < 1.29 is 4.79 Å². The molecule has 138 valence electrons. The minimum absolute atomic E-state index is 0.147. The molecule has 0 unspecified atom stereocenters. The van der Waals surface area contributed by atoms with Crippen LogP contribution in [0.3, 0.4) is 0 Å². The van der Waals surface area contributed by atoms with Crippen LogP contribution in [0.2, 0.25) is 0 Å². The Morgan fingerprint density at radius 2 is 2.07 bits per heavy atom. The van der Waals surface area contributed by atoms with Crippen molar-refractivity contribution in [2.75, 3.05) is 5.32 Å². The van der Waals surface area contributed by atoms with E-state index < -0.39 is 0 Å². The monoisotopic (exact) mass is 365 g/mol. The van der Waals surface area contributed by atoms with Crippen molar-refractivity contribution in [1.29, 1.82) is 0 Å². The molecule has 4 rings (SSSR count). The lowest BCUT2D eigenvalue weighted by Gasteiger charge is -2.10. The maximum atomic E-state index is 12.5. The molecule has 0 aliphatic rings. The van der Waals surface area contributed by atoms with Gasteiger partial charge in [0, 0.05) is 13.6 Å². The van der Waals surface area contributed by atoms with Crippen LogP contribution in [-0.4, -0.2) is 34.8 Å². The first-order chi connectivity index (χ1) is 13.1. The third-order valence-corrected chi connectivity index (χ3v) is 4.39. The molecule has 1 aromatic carbocycles. The Labute approximate surface area is 154 Å². The maximum Gasteiger partial charge on any atom is 0.264 e. The number of carbonyl (C=O) groups excluding carboxylic acids is 1. The lowest BCUT2D eigenvalue weighted by atomic mass is 10.3. The zero-order valence-electron chi connectivity index (χ0n) is 15.1. The summed E-state index contributed by atoms with van der Waals surface area (Å²) >= 11 is 0. The van der Waals surface area contributed by atoms with Crippen LogP contribution in [0, 0.1) is 0 Å². The Morgan fingerprint density at radius 3 is 2.89 bits per heavy atom. The van der Waals surface area contributed by atoms with Gasteiger partial charge >= 0.3 is 0 Å². The predicted octanol–water partition coefficient (Wildman–Crippen LogP) is 1.53. The van der Waals surface area contributed by atoms with Gasteiger partial charge in [0.2, 0.25) is 11.9 Å². The first-order valence-electron chi connectivity index (χ1n) is 8.70. The Balaban J connectivity index is 1.62. The minimum atomic E-state index is -0.338. The Kier molecular flexibility index (Phi) is 4.19. The van der Waals surface area contributed by atoms with E-state index >= 15 is 0 Å². The molecule has 1 N–H and O–H groups in total. The topological polar surface area (TPSA) is 99.6 Å². The van der Waals surface area contributed by atoms with Gasteiger partial charge in [-0.15, -0.1) is 0 Å². The van der Waals surface area contributed by atoms with Crippen molar-refractivity contribution in [3.63, 3.8) is 0 Å². The lowest BCUT2D eigenvalue weighted by Crippen LogP contribution is -2.28. The van der Waals surface area contributed by atoms with E-state index in [9.17, 15) is 9.59 Å². The maximum absolute atomic E-state index is 12.5. The normalized spacial score (nSPS) is 11.3. The zero-order chi connectivity index (χ0) is 19.0. The summed E-state index contributed by atoms with van der Waals surface area (Å²) in [6.45, 7) is 2.65. The van der Waals surface area contributed by atoms with E-state index in [1.807, 2.05) is 28.8 Å². The highest BCUT2D eigenvalue weighted by molar-refractivity contribution is 5.91. The van der Waals surface area contributed by atoms with E-state index in [4.69, 9.17) is 0 Å². The average Bonchev–Trinajstić information content (AvgIpc) is 3.19. The average molecular weight is 365 g/mol. The number of carbonyl (C=O) groups is 1. The standard InChI is InChI=1S/C18H19N7O2/c1-3-8-25-14-7-5-4-6-13(14)21-18(25)22-15(26)10-24-11-19-16-12(17(24)27)9-20-23(16)2/h4-7,9,11H,3,8,10H2,1-2H3,(H,21,22,26). The number of hydrogen-bond donors (Lipinski definition) is 1. The summed E-state index contributed by atoms with van der Waals surface area (Å²) in [5.41, 5.74) is 1.97. The lowest BCUT2D eigenvalue weighted by molar-refractivity contribution is -0.116. The van der Waals surface area contributed by atoms with Crippen molar-refractivity contribution in [2.45, 2.75) is 26.4 Å². The summed E-state index contributed by atoms with van der Waals surface area (Å²) in [7, 11) is 1.71. The molecule has 4 aromatic rings. The summed E-state index contributed by atoms with van der Waals surface area (Å²) < 4.78 is 4.76. The van der Waals surface area contributed by atoms with Gasteiger partial charge in [0.1, 0.15) is 18.3 Å².